The Morgan fingerprint density at radius 2 is 1.95 bits per heavy atom. The molecule has 19 heavy (non-hydrogen) atoms. The van der Waals surface area contributed by atoms with E-state index in [9.17, 15) is 9.90 Å². The van der Waals surface area contributed by atoms with Crippen LogP contribution in [-0.4, -0.2) is 22.7 Å². The molecule has 2 aliphatic heterocycles. The van der Waals surface area contributed by atoms with Gasteiger partial charge in [0.05, 0.1) is 5.41 Å². The van der Waals surface area contributed by atoms with E-state index in [0.29, 0.717) is 24.7 Å². The fraction of sp³-hybridized carbons (Fsp3) is 0.933. The van der Waals surface area contributed by atoms with Gasteiger partial charge in [0, 0.05) is 12.8 Å². The minimum Gasteiger partial charge on any atom is -0.481 e. The van der Waals surface area contributed by atoms with Gasteiger partial charge in [0.1, 0.15) is 0 Å². The van der Waals surface area contributed by atoms with E-state index in [1.165, 1.54) is 25.7 Å². The summed E-state index contributed by atoms with van der Waals surface area (Å²) in [5, 5.41) is 9.76. The average Bonchev–Trinajstić information content (AvgIpc) is 3.17. The van der Waals surface area contributed by atoms with Gasteiger partial charge in [0.25, 0.3) is 0 Å². The summed E-state index contributed by atoms with van der Waals surface area (Å²) in [4.78, 5) is 11.9. The summed E-state index contributed by atoms with van der Waals surface area (Å²) in [6.45, 7) is 2.28. The van der Waals surface area contributed by atoms with Crippen molar-refractivity contribution in [2.75, 3.05) is 0 Å². The fourth-order valence-electron chi connectivity index (χ4n) is 4.57. The lowest BCUT2D eigenvalue weighted by Gasteiger charge is -2.37. The van der Waals surface area contributed by atoms with Crippen LogP contribution in [0, 0.1) is 17.3 Å². The van der Waals surface area contributed by atoms with Gasteiger partial charge in [0.15, 0.2) is 0 Å². The molecule has 0 aromatic rings. The molecule has 0 bridgehead atoms. The van der Waals surface area contributed by atoms with Crippen molar-refractivity contribution < 1.29 is 19.4 Å². The number of hydrogen-bond acceptors (Lipinski definition) is 3. The standard InChI is InChI=1S/C15H22O4/c1-10-4-2-3-5-11(10)8-13(12(16)17)6-7-14-15(9-13,18-14)19-14/h10-11H,2-9H2,1H3,(H,16,17). The molecule has 0 radical (unpaired) electrons. The normalized spacial score (nSPS) is 55.0. The summed E-state index contributed by atoms with van der Waals surface area (Å²) < 4.78 is 11.2. The van der Waals surface area contributed by atoms with Crippen molar-refractivity contribution in [3.63, 3.8) is 0 Å². The zero-order chi connectivity index (χ0) is 13.3. The van der Waals surface area contributed by atoms with E-state index in [0.717, 1.165) is 12.8 Å². The first-order chi connectivity index (χ1) is 9.01. The van der Waals surface area contributed by atoms with Gasteiger partial charge in [-0.25, -0.2) is 0 Å². The fourth-order valence-corrected chi connectivity index (χ4v) is 4.57. The molecule has 4 aliphatic rings. The molecule has 2 saturated heterocycles. The van der Waals surface area contributed by atoms with Crippen LogP contribution in [0.3, 0.4) is 0 Å². The van der Waals surface area contributed by atoms with E-state index in [2.05, 4.69) is 6.92 Å². The van der Waals surface area contributed by atoms with E-state index < -0.39 is 17.2 Å². The predicted octanol–water partition coefficient (Wildman–Crippen LogP) is 2.91. The molecule has 0 aromatic heterocycles. The molecule has 0 aromatic carbocycles. The first kappa shape index (κ1) is 12.2. The van der Waals surface area contributed by atoms with Gasteiger partial charge < -0.3 is 14.6 Å². The number of carboxylic acids is 1. The predicted molar refractivity (Wildman–Crippen MR) is 67.3 cm³/mol. The maximum absolute atomic E-state index is 11.9. The van der Waals surface area contributed by atoms with Crippen LogP contribution in [-0.2, 0) is 14.3 Å². The van der Waals surface area contributed by atoms with E-state index in [4.69, 9.17) is 9.47 Å². The number of rotatable bonds is 3. The van der Waals surface area contributed by atoms with Crippen molar-refractivity contribution in [1.82, 2.24) is 0 Å². The first-order valence-electron chi connectivity index (χ1n) is 7.65. The minimum absolute atomic E-state index is 0.343. The smallest absolute Gasteiger partial charge is 0.309 e. The van der Waals surface area contributed by atoms with Gasteiger partial charge in [-0.3, -0.25) is 4.79 Å². The van der Waals surface area contributed by atoms with Crippen LogP contribution in [0.2, 0.25) is 0 Å². The Labute approximate surface area is 113 Å². The SMILES string of the molecule is CC1CCCCC1CC1(C(=O)O)CCC23OC2(C1)O3. The van der Waals surface area contributed by atoms with Crippen molar-refractivity contribution in [3.05, 3.63) is 0 Å². The highest BCUT2D eigenvalue weighted by Gasteiger charge is 2.93. The molecular formula is C15H22O4. The highest BCUT2D eigenvalue weighted by atomic mass is 17.0. The molecule has 2 aliphatic carbocycles. The number of aliphatic carboxylic acids is 1. The maximum Gasteiger partial charge on any atom is 0.309 e. The Bertz CT molecular complexity index is 426. The van der Waals surface area contributed by atoms with Crippen molar-refractivity contribution >= 4 is 5.97 Å². The highest BCUT2D eigenvalue weighted by Crippen LogP contribution is 2.77. The zero-order valence-corrected chi connectivity index (χ0v) is 11.5. The van der Waals surface area contributed by atoms with Crippen molar-refractivity contribution in [3.8, 4) is 0 Å². The summed E-state index contributed by atoms with van der Waals surface area (Å²) in [5.74, 6) is -0.244. The van der Waals surface area contributed by atoms with E-state index in [1.807, 2.05) is 0 Å². The Hall–Kier alpha value is -0.610. The largest absolute Gasteiger partial charge is 0.481 e. The lowest BCUT2D eigenvalue weighted by atomic mass is 9.65. The zero-order valence-electron chi connectivity index (χ0n) is 11.5. The molecule has 1 N–H and O–H groups in total. The summed E-state index contributed by atoms with van der Waals surface area (Å²) in [6, 6.07) is 0. The van der Waals surface area contributed by atoms with Crippen LogP contribution >= 0.6 is 0 Å². The van der Waals surface area contributed by atoms with Gasteiger partial charge in [-0.05, 0) is 24.7 Å². The molecule has 2 heterocycles. The Morgan fingerprint density at radius 3 is 2.58 bits per heavy atom. The van der Waals surface area contributed by atoms with Gasteiger partial charge in [-0.1, -0.05) is 32.6 Å². The van der Waals surface area contributed by atoms with Crippen molar-refractivity contribution in [1.29, 1.82) is 0 Å². The first-order valence-corrected chi connectivity index (χ1v) is 7.65. The lowest BCUT2D eigenvalue weighted by Crippen LogP contribution is -2.39. The Morgan fingerprint density at radius 1 is 1.21 bits per heavy atom. The van der Waals surface area contributed by atoms with Crippen molar-refractivity contribution in [2.24, 2.45) is 17.3 Å². The third kappa shape index (κ3) is 1.56. The molecule has 4 heteroatoms. The topological polar surface area (TPSA) is 62.4 Å². The van der Waals surface area contributed by atoms with E-state index in [1.54, 1.807) is 0 Å². The van der Waals surface area contributed by atoms with Crippen LogP contribution in [0.15, 0.2) is 0 Å². The van der Waals surface area contributed by atoms with Gasteiger partial charge in [-0.15, -0.1) is 0 Å². The van der Waals surface area contributed by atoms with Gasteiger partial charge >= 0.3 is 5.97 Å². The molecule has 4 nitrogen and oxygen atoms in total. The summed E-state index contributed by atoms with van der Waals surface area (Å²) in [6.07, 6.45) is 7.86. The molecule has 106 valence electrons. The summed E-state index contributed by atoms with van der Waals surface area (Å²) in [5.41, 5.74) is -0.604. The lowest BCUT2D eigenvalue weighted by molar-refractivity contribution is -0.155. The van der Waals surface area contributed by atoms with Crippen molar-refractivity contribution in [2.45, 2.75) is 69.9 Å². The third-order valence-corrected chi connectivity index (χ3v) is 6.06. The summed E-state index contributed by atoms with van der Waals surface area (Å²) >= 11 is 0. The van der Waals surface area contributed by atoms with Crippen LogP contribution < -0.4 is 0 Å². The van der Waals surface area contributed by atoms with Crippen LogP contribution in [0.25, 0.3) is 0 Å². The monoisotopic (exact) mass is 266 g/mol. The van der Waals surface area contributed by atoms with Crippen LogP contribution in [0.5, 0.6) is 0 Å². The molecule has 4 fully saturated rings. The second-order valence-electron chi connectivity index (χ2n) is 7.20. The molecular weight excluding hydrogens is 244 g/mol. The second-order valence-corrected chi connectivity index (χ2v) is 7.20. The molecule has 4 rings (SSSR count). The Kier molecular flexibility index (Phi) is 2.26. The van der Waals surface area contributed by atoms with Crippen LogP contribution in [0.1, 0.15) is 58.3 Å². The number of ether oxygens (including phenoxy) is 2. The van der Waals surface area contributed by atoms with Crippen LogP contribution in [0.4, 0.5) is 0 Å². The molecule has 3 unspecified atom stereocenters. The van der Waals surface area contributed by atoms with E-state index >= 15 is 0 Å². The number of hydrogen-bond donors (Lipinski definition) is 1. The van der Waals surface area contributed by atoms with Gasteiger partial charge in [-0.2, -0.15) is 0 Å². The molecule has 2 saturated carbocycles. The highest BCUT2D eigenvalue weighted by molar-refractivity contribution is 5.75. The second kappa shape index (κ2) is 3.53. The van der Waals surface area contributed by atoms with E-state index in [-0.39, 0.29) is 5.79 Å². The quantitative estimate of drug-likeness (QED) is 0.798. The molecule has 0 amide bonds. The Balaban J connectivity index is 1.53. The minimum atomic E-state index is -0.640. The van der Waals surface area contributed by atoms with Gasteiger partial charge in [0.2, 0.25) is 11.6 Å². The molecule has 0 spiro atoms. The number of carbonyl (C=O) groups is 1. The third-order valence-electron chi connectivity index (χ3n) is 6.06. The number of epoxide rings is 2. The average molecular weight is 266 g/mol. The number of carboxylic acid groups (broad SMARTS) is 1. The molecule has 3 atom stereocenters. The maximum atomic E-state index is 11.9. The summed E-state index contributed by atoms with van der Waals surface area (Å²) in [7, 11) is 0.